The molecule has 1 aliphatic heterocycles. The molecule has 32 heavy (non-hydrogen) atoms. The van der Waals surface area contributed by atoms with Crippen molar-refractivity contribution in [3.8, 4) is 0 Å². The zero-order valence-corrected chi connectivity index (χ0v) is 19.5. The van der Waals surface area contributed by atoms with Crippen LogP contribution >= 0.6 is 23.2 Å². The molecule has 2 aromatic carbocycles. The summed E-state index contributed by atoms with van der Waals surface area (Å²) in [6.07, 6.45) is 2.43. The van der Waals surface area contributed by atoms with Crippen LogP contribution in [0.4, 0.5) is 0 Å². The lowest BCUT2D eigenvalue weighted by Gasteiger charge is -2.34. The maximum Gasteiger partial charge on any atom is 0.243 e. The summed E-state index contributed by atoms with van der Waals surface area (Å²) in [5.74, 6) is -0.873. The summed E-state index contributed by atoms with van der Waals surface area (Å²) < 4.78 is 27.6. The SMILES string of the molecule is O=C(CC1C(=O)NCCN1S(=O)(=O)c1ccc(Cl)c(Cl)c1)NC1CCCc2ccccc21. The molecule has 2 amide bonds. The summed E-state index contributed by atoms with van der Waals surface area (Å²) in [4.78, 5) is 25.4. The van der Waals surface area contributed by atoms with Gasteiger partial charge in [0.25, 0.3) is 0 Å². The summed E-state index contributed by atoms with van der Waals surface area (Å²) in [6, 6.07) is 10.6. The van der Waals surface area contributed by atoms with Gasteiger partial charge < -0.3 is 10.6 Å². The van der Waals surface area contributed by atoms with Gasteiger partial charge in [-0.25, -0.2) is 8.42 Å². The lowest BCUT2D eigenvalue weighted by molar-refractivity contribution is -0.132. The number of piperazine rings is 1. The van der Waals surface area contributed by atoms with Gasteiger partial charge in [-0.3, -0.25) is 9.59 Å². The maximum absolute atomic E-state index is 13.3. The van der Waals surface area contributed by atoms with Crippen LogP contribution in [0.25, 0.3) is 0 Å². The Labute approximate surface area is 197 Å². The first-order valence-corrected chi connectivity index (χ1v) is 12.6. The number of nitrogens with one attached hydrogen (secondary N) is 2. The number of sulfonamides is 1. The fourth-order valence-electron chi connectivity index (χ4n) is 4.28. The van der Waals surface area contributed by atoms with E-state index in [4.69, 9.17) is 23.2 Å². The molecule has 7 nitrogen and oxygen atoms in total. The molecule has 1 heterocycles. The van der Waals surface area contributed by atoms with E-state index in [1.54, 1.807) is 0 Å². The van der Waals surface area contributed by atoms with Gasteiger partial charge >= 0.3 is 0 Å². The number of hydrogen-bond donors (Lipinski definition) is 2. The van der Waals surface area contributed by atoms with Crippen molar-refractivity contribution >= 4 is 45.0 Å². The molecule has 4 rings (SSSR count). The molecule has 2 unspecified atom stereocenters. The molecule has 2 aliphatic rings. The minimum atomic E-state index is -4.06. The van der Waals surface area contributed by atoms with Gasteiger partial charge in [0, 0.05) is 13.1 Å². The third-order valence-electron chi connectivity index (χ3n) is 5.86. The van der Waals surface area contributed by atoms with Gasteiger partial charge in [0.2, 0.25) is 21.8 Å². The molecule has 0 aromatic heterocycles. The summed E-state index contributed by atoms with van der Waals surface area (Å²) in [5, 5.41) is 5.98. The molecule has 1 fully saturated rings. The predicted molar refractivity (Wildman–Crippen MR) is 122 cm³/mol. The van der Waals surface area contributed by atoms with Crippen molar-refractivity contribution in [1.82, 2.24) is 14.9 Å². The predicted octanol–water partition coefficient (Wildman–Crippen LogP) is 3.07. The topological polar surface area (TPSA) is 95.6 Å². The fourth-order valence-corrected chi connectivity index (χ4v) is 6.26. The summed E-state index contributed by atoms with van der Waals surface area (Å²) in [7, 11) is -4.06. The number of fused-ring (bicyclic) bond motifs is 1. The Hall–Kier alpha value is -2.13. The van der Waals surface area contributed by atoms with Crippen molar-refractivity contribution in [2.45, 2.75) is 42.7 Å². The molecule has 10 heteroatoms. The number of halogens is 2. The molecule has 0 saturated carbocycles. The second-order valence-corrected chi connectivity index (χ2v) is 10.6. The van der Waals surface area contributed by atoms with Gasteiger partial charge in [0.05, 0.1) is 27.4 Å². The zero-order chi connectivity index (χ0) is 22.9. The normalized spacial score (nSPS) is 21.5. The maximum atomic E-state index is 13.3. The van der Waals surface area contributed by atoms with E-state index in [0.29, 0.717) is 0 Å². The van der Waals surface area contributed by atoms with Crippen LogP contribution < -0.4 is 10.6 Å². The highest BCUT2D eigenvalue weighted by molar-refractivity contribution is 7.89. The number of hydrogen-bond acceptors (Lipinski definition) is 4. The number of carbonyl (C=O) groups is 2. The van der Waals surface area contributed by atoms with E-state index >= 15 is 0 Å². The molecular formula is C22H23Cl2N3O4S. The molecule has 170 valence electrons. The van der Waals surface area contributed by atoms with Crippen molar-refractivity contribution in [3.63, 3.8) is 0 Å². The molecule has 2 aromatic rings. The second kappa shape index (κ2) is 9.39. The molecule has 0 spiro atoms. The van der Waals surface area contributed by atoms with Crippen molar-refractivity contribution in [3.05, 3.63) is 63.6 Å². The molecular weight excluding hydrogens is 473 g/mol. The highest BCUT2D eigenvalue weighted by Gasteiger charge is 2.40. The van der Waals surface area contributed by atoms with Gasteiger partial charge in [-0.1, -0.05) is 47.5 Å². The summed E-state index contributed by atoms with van der Waals surface area (Å²) >= 11 is 11.9. The Morgan fingerprint density at radius 1 is 1.16 bits per heavy atom. The third-order valence-corrected chi connectivity index (χ3v) is 8.51. The Bertz CT molecular complexity index is 1160. The van der Waals surface area contributed by atoms with Crippen LogP contribution in [0.5, 0.6) is 0 Å². The van der Waals surface area contributed by atoms with Crippen LogP contribution in [-0.2, 0) is 26.0 Å². The quantitative estimate of drug-likeness (QED) is 0.665. The van der Waals surface area contributed by atoms with Crippen molar-refractivity contribution in [2.24, 2.45) is 0 Å². The first-order valence-electron chi connectivity index (χ1n) is 10.4. The third kappa shape index (κ3) is 4.64. The fraction of sp³-hybridized carbons (Fsp3) is 0.364. The lowest BCUT2D eigenvalue weighted by atomic mass is 9.87. The summed E-state index contributed by atoms with van der Waals surface area (Å²) in [5.41, 5.74) is 2.27. The first kappa shape index (κ1) is 23.0. The lowest BCUT2D eigenvalue weighted by Crippen LogP contribution is -2.58. The number of nitrogens with zero attached hydrogens (tertiary/aromatic N) is 1. The minimum Gasteiger partial charge on any atom is -0.353 e. The largest absolute Gasteiger partial charge is 0.353 e. The van der Waals surface area contributed by atoms with Crippen LogP contribution in [0.2, 0.25) is 10.0 Å². The van der Waals surface area contributed by atoms with Gasteiger partial charge in [-0.2, -0.15) is 4.31 Å². The highest BCUT2D eigenvalue weighted by atomic mass is 35.5. The van der Waals surface area contributed by atoms with Crippen LogP contribution in [0, 0.1) is 0 Å². The molecule has 1 aliphatic carbocycles. The van der Waals surface area contributed by atoms with Crippen LogP contribution in [-0.4, -0.2) is 43.7 Å². The van der Waals surface area contributed by atoms with E-state index in [2.05, 4.69) is 10.6 Å². The van der Waals surface area contributed by atoms with Crippen molar-refractivity contribution < 1.29 is 18.0 Å². The van der Waals surface area contributed by atoms with Gasteiger partial charge in [-0.15, -0.1) is 0 Å². The molecule has 0 bridgehead atoms. The average Bonchev–Trinajstić information content (AvgIpc) is 2.77. The number of aryl methyl sites for hydroxylation is 1. The molecule has 2 N–H and O–H groups in total. The zero-order valence-electron chi connectivity index (χ0n) is 17.2. The summed E-state index contributed by atoms with van der Waals surface area (Å²) in [6.45, 7) is 0.214. The van der Waals surface area contributed by atoms with E-state index in [-0.39, 0.29) is 46.4 Å². The smallest absolute Gasteiger partial charge is 0.243 e. The highest BCUT2D eigenvalue weighted by Crippen LogP contribution is 2.31. The second-order valence-electron chi connectivity index (χ2n) is 7.91. The number of rotatable bonds is 5. The molecule has 0 radical (unpaired) electrons. The van der Waals surface area contributed by atoms with Gasteiger partial charge in [0.1, 0.15) is 6.04 Å². The van der Waals surface area contributed by atoms with E-state index in [1.807, 2.05) is 24.3 Å². The Morgan fingerprint density at radius 2 is 1.94 bits per heavy atom. The molecule has 1 saturated heterocycles. The van der Waals surface area contributed by atoms with E-state index in [0.717, 1.165) is 29.1 Å². The van der Waals surface area contributed by atoms with Crippen LogP contribution in [0.15, 0.2) is 47.4 Å². The van der Waals surface area contributed by atoms with Gasteiger partial charge in [-0.05, 0) is 48.6 Å². The van der Waals surface area contributed by atoms with E-state index < -0.39 is 22.0 Å². The molecule has 2 atom stereocenters. The average molecular weight is 496 g/mol. The van der Waals surface area contributed by atoms with E-state index in [1.165, 1.54) is 23.8 Å². The monoisotopic (exact) mass is 495 g/mol. The van der Waals surface area contributed by atoms with Crippen molar-refractivity contribution in [1.29, 1.82) is 0 Å². The first-order chi connectivity index (χ1) is 15.3. The standard InChI is InChI=1S/C22H23Cl2N3O4S/c23-17-9-8-15(12-18(17)24)32(30,31)27-11-10-25-22(29)20(27)13-21(28)26-19-7-3-5-14-4-1-2-6-16(14)19/h1-2,4,6,8-9,12,19-20H,3,5,7,10-11,13H2,(H,25,29)(H,26,28). The van der Waals surface area contributed by atoms with E-state index in [9.17, 15) is 18.0 Å². The number of carbonyl (C=O) groups excluding carboxylic acids is 2. The number of amides is 2. The van der Waals surface area contributed by atoms with Gasteiger partial charge in [0.15, 0.2) is 0 Å². The number of benzene rings is 2. The Balaban J connectivity index is 1.54. The minimum absolute atomic E-state index is 0.0541. The van der Waals surface area contributed by atoms with Crippen LogP contribution in [0.1, 0.15) is 36.4 Å². The Kier molecular flexibility index (Phi) is 6.76. The van der Waals surface area contributed by atoms with Crippen molar-refractivity contribution in [2.75, 3.05) is 13.1 Å². The Morgan fingerprint density at radius 3 is 2.72 bits per heavy atom. The van der Waals surface area contributed by atoms with Crippen LogP contribution in [0.3, 0.4) is 0 Å².